The molecule has 2 aromatic rings. The summed E-state index contributed by atoms with van der Waals surface area (Å²) in [5.41, 5.74) is 6.35. The van der Waals surface area contributed by atoms with E-state index in [1.165, 1.54) is 12.1 Å². The van der Waals surface area contributed by atoms with E-state index in [1.54, 1.807) is 25.1 Å². The minimum Gasteiger partial charge on any atom is -0.477 e. The lowest BCUT2D eigenvalue weighted by molar-refractivity contribution is 0.0944. The maximum Gasteiger partial charge on any atom is 0.270 e. The number of amides is 1. The molecule has 0 unspecified atom stereocenters. The van der Waals surface area contributed by atoms with Crippen LogP contribution in [0, 0.1) is 11.3 Å². The van der Waals surface area contributed by atoms with Gasteiger partial charge in [0, 0.05) is 12.8 Å². The molecule has 136 valence electrons. The Hall–Kier alpha value is -3.12. The SMILES string of the molecule is CCOc1nc(C(=O)NCc2ccccc2S(C)(=O)=O)cc(N)c1C#N. The van der Waals surface area contributed by atoms with Gasteiger partial charge in [0.2, 0.25) is 5.88 Å². The lowest BCUT2D eigenvalue weighted by Gasteiger charge is -2.11. The number of ether oxygens (including phenoxy) is 1. The second-order valence-electron chi connectivity index (χ2n) is 5.38. The van der Waals surface area contributed by atoms with Crippen LogP contribution in [0.3, 0.4) is 0 Å². The van der Waals surface area contributed by atoms with Crippen molar-refractivity contribution in [3.63, 3.8) is 0 Å². The molecule has 26 heavy (non-hydrogen) atoms. The zero-order chi connectivity index (χ0) is 19.3. The number of nitrogens with one attached hydrogen (secondary N) is 1. The smallest absolute Gasteiger partial charge is 0.270 e. The van der Waals surface area contributed by atoms with Crippen LogP contribution in [0.5, 0.6) is 5.88 Å². The Balaban J connectivity index is 2.26. The van der Waals surface area contributed by atoms with Crippen LogP contribution in [0.15, 0.2) is 35.2 Å². The number of hydrogen-bond acceptors (Lipinski definition) is 7. The van der Waals surface area contributed by atoms with Crippen LogP contribution in [-0.4, -0.2) is 32.2 Å². The number of nitrogen functional groups attached to an aromatic ring is 1. The summed E-state index contributed by atoms with van der Waals surface area (Å²) in [6.07, 6.45) is 1.10. The summed E-state index contributed by atoms with van der Waals surface area (Å²) in [5.74, 6) is -0.581. The highest BCUT2D eigenvalue weighted by molar-refractivity contribution is 7.90. The molecule has 3 N–H and O–H groups in total. The standard InChI is InChI=1S/C17H18N4O4S/c1-3-25-17-12(9-18)13(19)8-14(21-17)16(22)20-10-11-6-4-5-7-15(11)26(2,23)24/h4-8H,3,10H2,1-2H3,(H2,19,21)(H,20,22). The van der Waals surface area contributed by atoms with Crippen molar-refractivity contribution in [2.24, 2.45) is 0 Å². The van der Waals surface area contributed by atoms with E-state index in [-0.39, 0.29) is 40.9 Å². The average molecular weight is 374 g/mol. The van der Waals surface area contributed by atoms with Crippen LogP contribution in [0.1, 0.15) is 28.5 Å². The van der Waals surface area contributed by atoms with Crippen molar-refractivity contribution in [1.82, 2.24) is 10.3 Å². The maximum absolute atomic E-state index is 12.4. The first-order valence-corrected chi connectivity index (χ1v) is 9.56. The molecule has 9 heteroatoms. The third-order valence-electron chi connectivity index (χ3n) is 3.45. The highest BCUT2D eigenvalue weighted by Crippen LogP contribution is 2.23. The highest BCUT2D eigenvalue weighted by Gasteiger charge is 2.17. The Bertz CT molecular complexity index is 981. The number of carbonyl (C=O) groups excluding carboxylic acids is 1. The lowest BCUT2D eigenvalue weighted by Crippen LogP contribution is -2.25. The second kappa shape index (κ2) is 7.84. The van der Waals surface area contributed by atoms with E-state index >= 15 is 0 Å². The quantitative estimate of drug-likeness (QED) is 0.777. The molecule has 0 saturated carbocycles. The molecule has 1 aromatic heterocycles. The Morgan fingerprint density at radius 3 is 2.69 bits per heavy atom. The molecule has 0 aliphatic carbocycles. The van der Waals surface area contributed by atoms with Gasteiger partial charge in [-0.25, -0.2) is 13.4 Å². The van der Waals surface area contributed by atoms with Gasteiger partial charge in [0.1, 0.15) is 17.3 Å². The van der Waals surface area contributed by atoms with Gasteiger partial charge in [-0.05, 0) is 24.6 Å². The molecule has 0 radical (unpaired) electrons. The largest absolute Gasteiger partial charge is 0.477 e. The number of nitrogens with two attached hydrogens (primary N) is 1. The Morgan fingerprint density at radius 2 is 2.08 bits per heavy atom. The number of sulfone groups is 1. The predicted molar refractivity (Wildman–Crippen MR) is 95.3 cm³/mol. The molecule has 2 rings (SSSR count). The van der Waals surface area contributed by atoms with Crippen molar-refractivity contribution in [3.05, 3.63) is 47.2 Å². The fraction of sp³-hybridized carbons (Fsp3) is 0.235. The minimum atomic E-state index is -3.42. The third kappa shape index (κ3) is 4.29. The highest BCUT2D eigenvalue weighted by atomic mass is 32.2. The Kier molecular flexibility index (Phi) is 5.79. The van der Waals surface area contributed by atoms with Gasteiger partial charge in [0.15, 0.2) is 9.84 Å². The van der Waals surface area contributed by atoms with E-state index < -0.39 is 15.7 Å². The van der Waals surface area contributed by atoms with E-state index in [1.807, 2.05) is 6.07 Å². The van der Waals surface area contributed by atoms with Gasteiger partial charge in [-0.3, -0.25) is 4.79 Å². The number of hydrogen-bond donors (Lipinski definition) is 2. The van der Waals surface area contributed by atoms with Crippen LogP contribution in [0.25, 0.3) is 0 Å². The van der Waals surface area contributed by atoms with Crippen molar-refractivity contribution >= 4 is 21.4 Å². The first kappa shape index (κ1) is 19.2. The first-order valence-electron chi connectivity index (χ1n) is 7.67. The number of rotatable bonds is 6. The molecule has 0 spiro atoms. The summed E-state index contributed by atoms with van der Waals surface area (Å²) in [4.78, 5) is 16.5. The van der Waals surface area contributed by atoms with Gasteiger partial charge in [-0.1, -0.05) is 18.2 Å². The van der Waals surface area contributed by atoms with Crippen LogP contribution >= 0.6 is 0 Å². The Morgan fingerprint density at radius 1 is 1.38 bits per heavy atom. The van der Waals surface area contributed by atoms with Crippen molar-refractivity contribution in [1.29, 1.82) is 5.26 Å². The molecule has 1 heterocycles. The van der Waals surface area contributed by atoms with Gasteiger partial charge in [-0.2, -0.15) is 5.26 Å². The molecule has 0 aliphatic heterocycles. The molecule has 0 aliphatic rings. The summed E-state index contributed by atoms with van der Waals surface area (Å²) in [7, 11) is -3.42. The molecule has 0 fully saturated rings. The normalized spacial score (nSPS) is 10.8. The number of anilines is 1. The summed E-state index contributed by atoms with van der Waals surface area (Å²) < 4.78 is 28.9. The molecular weight excluding hydrogens is 356 g/mol. The van der Waals surface area contributed by atoms with Gasteiger partial charge in [0.25, 0.3) is 5.91 Å². The molecule has 0 saturated heterocycles. The molecular formula is C17H18N4O4S. The van der Waals surface area contributed by atoms with Gasteiger partial charge in [-0.15, -0.1) is 0 Å². The summed E-state index contributed by atoms with van der Waals surface area (Å²) >= 11 is 0. The maximum atomic E-state index is 12.4. The van der Waals surface area contributed by atoms with Crippen molar-refractivity contribution < 1.29 is 17.9 Å². The fourth-order valence-electron chi connectivity index (χ4n) is 2.29. The molecule has 0 atom stereocenters. The van der Waals surface area contributed by atoms with Gasteiger partial charge >= 0.3 is 0 Å². The van der Waals surface area contributed by atoms with Crippen LogP contribution in [0.2, 0.25) is 0 Å². The summed E-state index contributed by atoms with van der Waals surface area (Å²) in [6.45, 7) is 1.97. The molecule has 0 bridgehead atoms. The van der Waals surface area contributed by atoms with E-state index in [9.17, 15) is 13.2 Å². The number of nitriles is 1. The summed E-state index contributed by atoms with van der Waals surface area (Å²) in [5, 5.41) is 11.7. The van der Waals surface area contributed by atoms with Crippen molar-refractivity contribution in [2.75, 3.05) is 18.6 Å². The molecule has 1 aromatic carbocycles. The predicted octanol–water partition coefficient (Wildman–Crippen LogP) is 1.27. The molecule has 1 amide bonds. The molecule has 8 nitrogen and oxygen atoms in total. The fourth-order valence-corrected chi connectivity index (χ4v) is 3.23. The van der Waals surface area contributed by atoms with Crippen LogP contribution in [-0.2, 0) is 16.4 Å². The average Bonchev–Trinajstić information content (AvgIpc) is 2.59. The Labute approximate surface area is 151 Å². The third-order valence-corrected chi connectivity index (χ3v) is 4.65. The topological polar surface area (TPSA) is 135 Å². The van der Waals surface area contributed by atoms with Crippen molar-refractivity contribution in [3.8, 4) is 11.9 Å². The minimum absolute atomic E-state index is 0.00632. The van der Waals surface area contributed by atoms with Crippen LogP contribution < -0.4 is 15.8 Å². The monoisotopic (exact) mass is 374 g/mol. The van der Waals surface area contributed by atoms with Crippen LogP contribution in [0.4, 0.5) is 5.69 Å². The van der Waals surface area contributed by atoms with E-state index in [2.05, 4.69) is 10.3 Å². The number of nitrogens with zero attached hydrogens (tertiary/aromatic N) is 2. The number of aromatic nitrogens is 1. The first-order chi connectivity index (χ1) is 12.3. The number of benzene rings is 1. The lowest BCUT2D eigenvalue weighted by atomic mass is 10.2. The van der Waals surface area contributed by atoms with E-state index in [4.69, 9.17) is 15.7 Å². The zero-order valence-electron chi connectivity index (χ0n) is 14.3. The van der Waals surface area contributed by atoms with Crippen molar-refractivity contribution in [2.45, 2.75) is 18.4 Å². The van der Waals surface area contributed by atoms with E-state index in [0.29, 0.717) is 5.56 Å². The second-order valence-corrected chi connectivity index (χ2v) is 7.37. The summed E-state index contributed by atoms with van der Waals surface area (Å²) in [6, 6.07) is 9.54. The van der Waals surface area contributed by atoms with E-state index in [0.717, 1.165) is 6.26 Å². The van der Waals surface area contributed by atoms with Gasteiger partial charge in [0.05, 0.1) is 17.2 Å². The number of pyridine rings is 1. The zero-order valence-corrected chi connectivity index (χ0v) is 15.1. The van der Waals surface area contributed by atoms with Gasteiger partial charge < -0.3 is 15.8 Å². The number of carbonyl (C=O) groups is 1.